The Labute approximate surface area is 145 Å². The average Bonchev–Trinajstić information content (AvgIpc) is 3.28. The number of amides is 1. The first-order valence-electron chi connectivity index (χ1n) is 8.27. The van der Waals surface area contributed by atoms with Crippen LogP contribution in [0.1, 0.15) is 49.7 Å². The quantitative estimate of drug-likeness (QED) is 0.923. The van der Waals surface area contributed by atoms with Crippen molar-refractivity contribution in [2.45, 2.75) is 43.6 Å². The molecule has 1 saturated carbocycles. The number of carbonyl (C=O) groups is 1. The molecule has 1 aromatic heterocycles. The molecule has 1 aliphatic heterocycles. The van der Waals surface area contributed by atoms with Crippen molar-refractivity contribution in [3.63, 3.8) is 0 Å². The number of benzene rings is 1. The highest BCUT2D eigenvalue weighted by Gasteiger charge is 2.40. The monoisotopic (exact) mass is 346 g/mol. The maximum atomic E-state index is 12.7. The van der Waals surface area contributed by atoms with Crippen molar-refractivity contribution in [2.75, 3.05) is 11.4 Å². The summed E-state index contributed by atoms with van der Waals surface area (Å²) in [5, 5.41) is 4.71. The molecule has 1 amide bonds. The van der Waals surface area contributed by atoms with Crippen LogP contribution in [0.25, 0.3) is 0 Å². The van der Waals surface area contributed by atoms with Crippen LogP contribution in [-0.2, 0) is 10.3 Å². The Morgan fingerprint density at radius 1 is 1.25 bits per heavy atom. The lowest BCUT2D eigenvalue weighted by molar-refractivity contribution is -0.118. The van der Waals surface area contributed by atoms with Crippen LogP contribution in [-0.4, -0.2) is 22.6 Å². The molecule has 24 heavy (non-hydrogen) atoms. The van der Waals surface area contributed by atoms with Crippen LogP contribution in [0, 0.1) is 0 Å². The molecule has 1 unspecified atom stereocenters. The molecular weight excluding hydrogens is 328 g/mol. The van der Waals surface area contributed by atoms with Crippen molar-refractivity contribution in [3.8, 4) is 0 Å². The van der Waals surface area contributed by atoms with Gasteiger partial charge in [0.1, 0.15) is 5.92 Å². The van der Waals surface area contributed by atoms with Crippen molar-refractivity contribution in [3.05, 3.63) is 41.0 Å². The van der Waals surface area contributed by atoms with Crippen LogP contribution in [0.2, 0.25) is 5.02 Å². The van der Waals surface area contributed by atoms with Gasteiger partial charge >= 0.3 is 0 Å². The van der Waals surface area contributed by atoms with E-state index in [1.54, 1.807) is 17.0 Å². The molecule has 0 radical (unpaired) electrons. The molecule has 2 N–H and O–H groups in total. The summed E-state index contributed by atoms with van der Waals surface area (Å²) in [7, 11) is 0. The van der Waals surface area contributed by atoms with E-state index in [1.807, 2.05) is 12.1 Å². The number of nitrogens with zero attached hydrogens (tertiary/aromatic N) is 3. The predicted octanol–water partition coefficient (Wildman–Crippen LogP) is 2.97. The van der Waals surface area contributed by atoms with E-state index >= 15 is 0 Å². The van der Waals surface area contributed by atoms with Gasteiger partial charge in [-0.25, -0.2) is 0 Å². The molecule has 2 heterocycles. The lowest BCUT2D eigenvalue weighted by Crippen LogP contribution is -2.34. The molecule has 2 fully saturated rings. The number of carbonyl (C=O) groups excluding carboxylic acids is 1. The second-order valence-corrected chi connectivity index (χ2v) is 7.06. The van der Waals surface area contributed by atoms with E-state index in [2.05, 4.69) is 10.1 Å². The van der Waals surface area contributed by atoms with Crippen molar-refractivity contribution >= 4 is 23.2 Å². The molecular formula is C17H19ClN4O2. The number of aromatic nitrogens is 2. The lowest BCUT2D eigenvalue weighted by Gasteiger charge is -2.18. The van der Waals surface area contributed by atoms with Gasteiger partial charge in [0.2, 0.25) is 11.8 Å². The molecule has 2 aliphatic rings. The Hall–Kier alpha value is -1.92. The maximum Gasteiger partial charge on any atom is 0.239 e. The molecule has 0 spiro atoms. The standard InChI is InChI=1S/C17H19ClN4O2/c18-11-3-5-12(6-4-11)22-10-7-13(15(22)23)14-20-16(21-24-14)17(19)8-1-2-9-17/h3-6,13H,1-2,7-10,19H2. The van der Waals surface area contributed by atoms with Gasteiger partial charge in [-0.1, -0.05) is 29.6 Å². The topological polar surface area (TPSA) is 85.2 Å². The van der Waals surface area contributed by atoms with Crippen molar-refractivity contribution in [2.24, 2.45) is 5.73 Å². The van der Waals surface area contributed by atoms with E-state index in [-0.39, 0.29) is 5.91 Å². The Balaban J connectivity index is 1.54. The minimum atomic E-state index is -0.501. The highest BCUT2D eigenvalue weighted by molar-refractivity contribution is 6.30. The third-order valence-electron chi connectivity index (χ3n) is 5.02. The number of nitrogens with two attached hydrogens (primary N) is 1. The number of hydrogen-bond donors (Lipinski definition) is 1. The number of anilines is 1. The van der Waals surface area contributed by atoms with E-state index in [1.165, 1.54) is 0 Å². The number of halogens is 1. The second kappa shape index (κ2) is 5.86. The first kappa shape index (κ1) is 15.6. The summed E-state index contributed by atoms with van der Waals surface area (Å²) in [6.45, 7) is 0.622. The molecule has 7 heteroatoms. The van der Waals surface area contributed by atoms with Crippen LogP contribution in [0.3, 0.4) is 0 Å². The summed E-state index contributed by atoms with van der Waals surface area (Å²) in [4.78, 5) is 18.9. The van der Waals surface area contributed by atoms with Crippen LogP contribution in [0.5, 0.6) is 0 Å². The summed E-state index contributed by atoms with van der Waals surface area (Å²) < 4.78 is 5.39. The minimum Gasteiger partial charge on any atom is -0.338 e. The van der Waals surface area contributed by atoms with Gasteiger partial charge < -0.3 is 15.2 Å². The maximum absolute atomic E-state index is 12.7. The molecule has 6 nitrogen and oxygen atoms in total. The minimum absolute atomic E-state index is 0.0231. The first-order chi connectivity index (χ1) is 11.6. The van der Waals surface area contributed by atoms with Gasteiger partial charge in [-0.15, -0.1) is 0 Å². The largest absolute Gasteiger partial charge is 0.338 e. The van der Waals surface area contributed by atoms with E-state index in [0.717, 1.165) is 31.4 Å². The lowest BCUT2D eigenvalue weighted by atomic mass is 9.98. The fraction of sp³-hybridized carbons (Fsp3) is 0.471. The first-order valence-corrected chi connectivity index (χ1v) is 8.64. The average molecular weight is 347 g/mol. The van der Waals surface area contributed by atoms with Crippen LogP contribution in [0.4, 0.5) is 5.69 Å². The molecule has 126 valence electrons. The molecule has 1 aliphatic carbocycles. The van der Waals surface area contributed by atoms with Gasteiger partial charge in [0.05, 0.1) is 5.54 Å². The molecule has 2 aromatic rings. The van der Waals surface area contributed by atoms with Crippen molar-refractivity contribution < 1.29 is 9.32 Å². The van der Waals surface area contributed by atoms with E-state index in [0.29, 0.717) is 29.7 Å². The van der Waals surface area contributed by atoms with Gasteiger partial charge in [-0.2, -0.15) is 4.98 Å². The molecule has 4 rings (SSSR count). The molecule has 1 atom stereocenters. The van der Waals surface area contributed by atoms with E-state index < -0.39 is 11.5 Å². The van der Waals surface area contributed by atoms with Gasteiger partial charge in [0, 0.05) is 17.3 Å². The molecule has 0 bridgehead atoms. The Kier molecular flexibility index (Phi) is 3.81. The second-order valence-electron chi connectivity index (χ2n) is 6.63. The van der Waals surface area contributed by atoms with Crippen LogP contribution >= 0.6 is 11.6 Å². The summed E-state index contributed by atoms with van der Waals surface area (Å²) in [6.07, 6.45) is 4.53. The number of rotatable bonds is 3. The van der Waals surface area contributed by atoms with E-state index in [4.69, 9.17) is 21.9 Å². The van der Waals surface area contributed by atoms with Crippen molar-refractivity contribution in [1.82, 2.24) is 10.1 Å². The van der Waals surface area contributed by atoms with Gasteiger partial charge in [0.15, 0.2) is 5.82 Å². The zero-order valence-corrected chi connectivity index (χ0v) is 14.0. The summed E-state index contributed by atoms with van der Waals surface area (Å²) in [5.41, 5.74) is 6.70. The fourth-order valence-electron chi connectivity index (χ4n) is 3.59. The van der Waals surface area contributed by atoms with Gasteiger partial charge in [-0.05, 0) is 43.5 Å². The highest BCUT2D eigenvalue weighted by atomic mass is 35.5. The summed E-state index contributed by atoms with van der Waals surface area (Å²) in [6, 6.07) is 7.24. The highest BCUT2D eigenvalue weighted by Crippen LogP contribution is 2.37. The van der Waals surface area contributed by atoms with Gasteiger partial charge in [-0.3, -0.25) is 4.79 Å². The Morgan fingerprint density at radius 2 is 1.96 bits per heavy atom. The van der Waals surface area contributed by atoms with Crippen molar-refractivity contribution in [1.29, 1.82) is 0 Å². The third-order valence-corrected chi connectivity index (χ3v) is 5.28. The zero-order chi connectivity index (χ0) is 16.7. The summed E-state index contributed by atoms with van der Waals surface area (Å²) in [5.74, 6) is 0.493. The normalized spacial score (nSPS) is 23.2. The number of hydrogen-bond acceptors (Lipinski definition) is 5. The van der Waals surface area contributed by atoms with Gasteiger partial charge in [0.25, 0.3) is 0 Å². The SMILES string of the molecule is NC1(c2noc(C3CCN(c4ccc(Cl)cc4)C3=O)n2)CCCC1. The Morgan fingerprint density at radius 3 is 2.67 bits per heavy atom. The molecule has 1 aromatic carbocycles. The fourth-order valence-corrected chi connectivity index (χ4v) is 3.72. The van der Waals surface area contributed by atoms with E-state index in [9.17, 15) is 4.79 Å². The summed E-state index contributed by atoms with van der Waals surface area (Å²) >= 11 is 5.91. The predicted molar refractivity (Wildman–Crippen MR) is 89.8 cm³/mol. The van der Waals surface area contributed by atoms with Crippen LogP contribution < -0.4 is 10.6 Å². The Bertz CT molecular complexity index is 752. The molecule has 1 saturated heterocycles. The smallest absolute Gasteiger partial charge is 0.239 e. The van der Waals surface area contributed by atoms with Crippen LogP contribution in [0.15, 0.2) is 28.8 Å². The third kappa shape index (κ3) is 2.59. The zero-order valence-electron chi connectivity index (χ0n) is 13.2.